The zero-order valence-electron chi connectivity index (χ0n) is 13.3. The monoisotopic (exact) mass is 254 g/mol. The van der Waals surface area contributed by atoms with E-state index in [1.165, 1.54) is 32.1 Å². The average molecular weight is 254 g/mol. The van der Waals surface area contributed by atoms with Gasteiger partial charge in [0.2, 0.25) is 0 Å². The summed E-state index contributed by atoms with van der Waals surface area (Å²) in [5.41, 5.74) is 0.323. The quantitative estimate of drug-likeness (QED) is 0.675. The normalized spacial score (nSPS) is 21.7. The summed E-state index contributed by atoms with van der Waals surface area (Å²) in [5, 5.41) is 3.87. The molecule has 0 aliphatic heterocycles. The molecule has 0 aromatic heterocycles. The van der Waals surface area contributed by atoms with E-state index in [1.54, 1.807) is 0 Å². The summed E-state index contributed by atoms with van der Waals surface area (Å²) in [4.78, 5) is 2.67. The number of hydrogen-bond acceptors (Lipinski definition) is 2. The average Bonchev–Trinajstić information content (AvgIpc) is 2.33. The van der Waals surface area contributed by atoms with Crippen molar-refractivity contribution in [1.82, 2.24) is 10.2 Å². The maximum Gasteiger partial charge on any atom is 0.0334 e. The van der Waals surface area contributed by atoms with Crippen molar-refractivity contribution in [2.45, 2.75) is 78.3 Å². The van der Waals surface area contributed by atoms with Crippen LogP contribution in [-0.4, -0.2) is 36.1 Å². The molecular formula is C16H34N2. The van der Waals surface area contributed by atoms with Gasteiger partial charge in [-0.3, -0.25) is 4.90 Å². The van der Waals surface area contributed by atoms with E-state index in [0.717, 1.165) is 25.6 Å². The van der Waals surface area contributed by atoms with Crippen LogP contribution in [0.25, 0.3) is 0 Å². The first-order valence-electron chi connectivity index (χ1n) is 8.12. The molecule has 0 heterocycles. The standard InChI is InChI=1S/C16H34N2/c1-6-13-17-15(14-11-10-12-14)16(5,7-2)18(8-3)9-4/h14-15,17H,6-13H2,1-5H3. The van der Waals surface area contributed by atoms with Crippen LogP contribution < -0.4 is 5.32 Å². The van der Waals surface area contributed by atoms with E-state index >= 15 is 0 Å². The van der Waals surface area contributed by atoms with E-state index in [0.29, 0.717) is 11.6 Å². The van der Waals surface area contributed by atoms with Crippen LogP contribution in [0.5, 0.6) is 0 Å². The number of likely N-dealkylation sites (N-methyl/N-ethyl adjacent to an activating group) is 1. The van der Waals surface area contributed by atoms with Crippen LogP contribution in [0.1, 0.15) is 66.7 Å². The van der Waals surface area contributed by atoms with Gasteiger partial charge < -0.3 is 5.32 Å². The van der Waals surface area contributed by atoms with E-state index in [1.807, 2.05) is 0 Å². The number of hydrogen-bond donors (Lipinski definition) is 1. The highest BCUT2D eigenvalue weighted by molar-refractivity contribution is 5.01. The first-order valence-corrected chi connectivity index (χ1v) is 8.12. The second-order valence-corrected chi connectivity index (χ2v) is 6.01. The highest BCUT2D eigenvalue weighted by atomic mass is 15.2. The van der Waals surface area contributed by atoms with Crippen LogP contribution in [0.4, 0.5) is 0 Å². The summed E-state index contributed by atoms with van der Waals surface area (Å²) in [5.74, 6) is 0.905. The van der Waals surface area contributed by atoms with Crippen molar-refractivity contribution in [3.63, 3.8) is 0 Å². The minimum Gasteiger partial charge on any atom is -0.312 e. The lowest BCUT2D eigenvalue weighted by Crippen LogP contribution is -2.63. The third-order valence-electron chi connectivity index (χ3n) is 5.11. The molecule has 0 spiro atoms. The topological polar surface area (TPSA) is 15.3 Å². The van der Waals surface area contributed by atoms with Crippen LogP contribution >= 0.6 is 0 Å². The summed E-state index contributed by atoms with van der Waals surface area (Å²) in [7, 11) is 0. The largest absolute Gasteiger partial charge is 0.312 e. The van der Waals surface area contributed by atoms with Crippen LogP contribution in [0.15, 0.2) is 0 Å². The molecule has 1 fully saturated rings. The predicted octanol–water partition coefficient (Wildman–Crippen LogP) is 3.67. The summed E-state index contributed by atoms with van der Waals surface area (Å²) in [6.07, 6.45) is 6.78. The Bertz CT molecular complexity index is 221. The van der Waals surface area contributed by atoms with Crippen molar-refractivity contribution in [3.8, 4) is 0 Å². The van der Waals surface area contributed by atoms with E-state index in [2.05, 4.69) is 44.8 Å². The molecule has 0 saturated heterocycles. The molecule has 1 rings (SSSR count). The van der Waals surface area contributed by atoms with Gasteiger partial charge in [-0.25, -0.2) is 0 Å². The van der Waals surface area contributed by atoms with Crippen LogP contribution in [0.3, 0.4) is 0 Å². The van der Waals surface area contributed by atoms with Crippen molar-refractivity contribution >= 4 is 0 Å². The van der Waals surface area contributed by atoms with Gasteiger partial charge in [-0.2, -0.15) is 0 Å². The van der Waals surface area contributed by atoms with Crippen LogP contribution in [0, 0.1) is 5.92 Å². The first kappa shape index (κ1) is 16.0. The highest BCUT2D eigenvalue weighted by Gasteiger charge is 2.42. The SMILES string of the molecule is CCCNC(C1CCC1)C(C)(CC)N(CC)CC. The van der Waals surface area contributed by atoms with E-state index in [4.69, 9.17) is 0 Å². The Morgan fingerprint density at radius 3 is 2.11 bits per heavy atom. The Balaban J connectivity index is 2.82. The summed E-state index contributed by atoms with van der Waals surface area (Å²) in [6, 6.07) is 0.677. The highest BCUT2D eigenvalue weighted by Crippen LogP contribution is 2.38. The summed E-state index contributed by atoms with van der Waals surface area (Å²) < 4.78 is 0. The summed E-state index contributed by atoms with van der Waals surface area (Å²) >= 11 is 0. The van der Waals surface area contributed by atoms with Gasteiger partial charge >= 0.3 is 0 Å². The molecule has 2 unspecified atom stereocenters. The smallest absolute Gasteiger partial charge is 0.0334 e. The van der Waals surface area contributed by atoms with Crippen molar-refractivity contribution < 1.29 is 0 Å². The van der Waals surface area contributed by atoms with Gasteiger partial charge in [-0.05, 0) is 58.2 Å². The van der Waals surface area contributed by atoms with Gasteiger partial charge in [0.15, 0.2) is 0 Å². The molecule has 0 aromatic carbocycles. The molecule has 108 valence electrons. The third-order valence-corrected chi connectivity index (χ3v) is 5.11. The van der Waals surface area contributed by atoms with Crippen LogP contribution in [-0.2, 0) is 0 Å². The van der Waals surface area contributed by atoms with E-state index in [-0.39, 0.29) is 0 Å². The van der Waals surface area contributed by atoms with Gasteiger partial charge in [-0.15, -0.1) is 0 Å². The maximum absolute atomic E-state index is 3.87. The van der Waals surface area contributed by atoms with Crippen molar-refractivity contribution in [1.29, 1.82) is 0 Å². The van der Waals surface area contributed by atoms with Gasteiger partial charge in [-0.1, -0.05) is 34.1 Å². The molecule has 2 heteroatoms. The van der Waals surface area contributed by atoms with Crippen molar-refractivity contribution in [3.05, 3.63) is 0 Å². The fourth-order valence-electron chi connectivity index (χ4n) is 3.55. The molecule has 0 radical (unpaired) electrons. The molecule has 0 bridgehead atoms. The fraction of sp³-hybridized carbons (Fsp3) is 1.00. The first-order chi connectivity index (χ1) is 8.63. The maximum atomic E-state index is 3.87. The molecule has 0 aromatic rings. The van der Waals surface area contributed by atoms with Gasteiger partial charge in [0.05, 0.1) is 0 Å². The molecule has 0 amide bonds. The molecular weight excluding hydrogens is 220 g/mol. The molecule has 1 aliphatic rings. The summed E-state index contributed by atoms with van der Waals surface area (Å²) in [6.45, 7) is 15.2. The minimum atomic E-state index is 0.323. The zero-order valence-corrected chi connectivity index (χ0v) is 13.3. The second-order valence-electron chi connectivity index (χ2n) is 6.01. The van der Waals surface area contributed by atoms with Crippen molar-refractivity contribution in [2.24, 2.45) is 5.92 Å². The van der Waals surface area contributed by atoms with E-state index in [9.17, 15) is 0 Å². The lowest BCUT2D eigenvalue weighted by atomic mass is 9.70. The Kier molecular flexibility index (Phi) is 6.65. The second kappa shape index (κ2) is 7.49. The third kappa shape index (κ3) is 3.27. The predicted molar refractivity (Wildman–Crippen MR) is 81.0 cm³/mol. The Hall–Kier alpha value is -0.0800. The molecule has 2 atom stereocenters. The number of nitrogens with one attached hydrogen (secondary N) is 1. The molecule has 2 nitrogen and oxygen atoms in total. The lowest BCUT2D eigenvalue weighted by Gasteiger charge is -2.51. The Morgan fingerprint density at radius 1 is 1.17 bits per heavy atom. The minimum absolute atomic E-state index is 0.323. The molecule has 1 saturated carbocycles. The fourth-order valence-corrected chi connectivity index (χ4v) is 3.55. The molecule has 1 aliphatic carbocycles. The zero-order chi connectivity index (χ0) is 13.6. The van der Waals surface area contributed by atoms with Gasteiger partial charge in [0, 0.05) is 11.6 Å². The number of nitrogens with zero attached hydrogens (tertiary/aromatic N) is 1. The number of rotatable bonds is 9. The van der Waals surface area contributed by atoms with Crippen molar-refractivity contribution in [2.75, 3.05) is 19.6 Å². The Morgan fingerprint density at radius 2 is 1.78 bits per heavy atom. The van der Waals surface area contributed by atoms with Gasteiger partial charge in [0.1, 0.15) is 0 Å². The molecule has 1 N–H and O–H groups in total. The Labute approximate surface area is 115 Å². The van der Waals surface area contributed by atoms with E-state index < -0.39 is 0 Å². The van der Waals surface area contributed by atoms with Crippen LogP contribution in [0.2, 0.25) is 0 Å². The molecule has 18 heavy (non-hydrogen) atoms. The van der Waals surface area contributed by atoms with Gasteiger partial charge in [0.25, 0.3) is 0 Å². The lowest BCUT2D eigenvalue weighted by molar-refractivity contribution is 0.0261.